The lowest BCUT2D eigenvalue weighted by molar-refractivity contribution is -0.385. The number of nitrogens with one attached hydrogen (secondary N) is 1. The van der Waals surface area contributed by atoms with E-state index in [0.717, 1.165) is 12.8 Å². The van der Waals surface area contributed by atoms with E-state index in [4.69, 9.17) is 5.73 Å². The number of hydrogen-bond acceptors (Lipinski definition) is 5. The van der Waals surface area contributed by atoms with Crippen molar-refractivity contribution in [1.29, 1.82) is 0 Å². The van der Waals surface area contributed by atoms with Gasteiger partial charge in [-0.3, -0.25) is 10.1 Å². The first-order valence-corrected chi connectivity index (χ1v) is 8.31. The number of benzene rings is 1. The lowest BCUT2D eigenvalue weighted by Crippen LogP contribution is -2.40. The van der Waals surface area contributed by atoms with Gasteiger partial charge in [-0.25, -0.2) is 13.1 Å². The highest BCUT2D eigenvalue weighted by Crippen LogP contribution is 2.23. The third kappa shape index (κ3) is 3.78. The average Bonchev–Trinajstić information content (AvgIpc) is 2.40. The van der Waals surface area contributed by atoms with Gasteiger partial charge in [0, 0.05) is 24.2 Å². The standard InChI is InChI=1S/C13H19N3O4S/c1-9-8-12(16(17)18)6-7-13(9)21(19,20)15-11-4-2-10(14)3-5-11/h6-8,10-11,15H,2-5,14H2,1H3. The molecule has 0 aliphatic heterocycles. The third-order valence-corrected chi connectivity index (χ3v) is 5.43. The van der Waals surface area contributed by atoms with E-state index in [2.05, 4.69) is 4.72 Å². The summed E-state index contributed by atoms with van der Waals surface area (Å²) < 4.78 is 27.4. The molecule has 0 spiro atoms. The van der Waals surface area contributed by atoms with Crippen LogP contribution in [-0.4, -0.2) is 25.4 Å². The second kappa shape index (κ2) is 6.08. The molecule has 7 nitrogen and oxygen atoms in total. The summed E-state index contributed by atoms with van der Waals surface area (Å²) in [7, 11) is -3.66. The molecule has 2 rings (SSSR count). The van der Waals surface area contributed by atoms with Gasteiger partial charge in [-0.05, 0) is 44.2 Å². The minimum atomic E-state index is -3.66. The first-order valence-electron chi connectivity index (χ1n) is 6.82. The van der Waals surface area contributed by atoms with Gasteiger partial charge < -0.3 is 5.73 Å². The molecule has 1 fully saturated rings. The van der Waals surface area contributed by atoms with Crippen LogP contribution in [0.4, 0.5) is 5.69 Å². The Balaban J connectivity index is 2.18. The number of nitrogens with two attached hydrogens (primary N) is 1. The molecule has 0 aromatic heterocycles. The highest BCUT2D eigenvalue weighted by molar-refractivity contribution is 7.89. The van der Waals surface area contributed by atoms with Crippen LogP contribution in [0.3, 0.4) is 0 Å². The number of sulfonamides is 1. The molecule has 3 N–H and O–H groups in total. The van der Waals surface area contributed by atoms with E-state index in [1.807, 2.05) is 0 Å². The molecule has 1 aliphatic carbocycles. The minimum Gasteiger partial charge on any atom is -0.328 e. The van der Waals surface area contributed by atoms with Gasteiger partial charge in [-0.1, -0.05) is 0 Å². The molecular weight excluding hydrogens is 294 g/mol. The molecule has 0 heterocycles. The fourth-order valence-corrected chi connectivity index (χ4v) is 4.10. The summed E-state index contributed by atoms with van der Waals surface area (Å²) in [5.74, 6) is 0. The van der Waals surface area contributed by atoms with Crippen molar-refractivity contribution in [3.63, 3.8) is 0 Å². The third-order valence-electron chi connectivity index (χ3n) is 3.75. The molecule has 1 saturated carbocycles. The van der Waals surface area contributed by atoms with Crippen LogP contribution in [0, 0.1) is 17.0 Å². The molecule has 0 bridgehead atoms. The lowest BCUT2D eigenvalue weighted by Gasteiger charge is -2.26. The smallest absolute Gasteiger partial charge is 0.269 e. The van der Waals surface area contributed by atoms with Crippen LogP contribution in [0.2, 0.25) is 0 Å². The van der Waals surface area contributed by atoms with Crippen molar-refractivity contribution in [2.45, 2.75) is 49.6 Å². The Hall–Kier alpha value is -1.51. The topological polar surface area (TPSA) is 115 Å². The molecule has 8 heteroatoms. The van der Waals surface area contributed by atoms with Crippen molar-refractivity contribution in [3.05, 3.63) is 33.9 Å². The van der Waals surface area contributed by atoms with Gasteiger partial charge in [-0.15, -0.1) is 0 Å². The monoisotopic (exact) mass is 313 g/mol. The van der Waals surface area contributed by atoms with E-state index in [9.17, 15) is 18.5 Å². The van der Waals surface area contributed by atoms with Gasteiger partial charge >= 0.3 is 0 Å². The van der Waals surface area contributed by atoms with Gasteiger partial charge in [0.25, 0.3) is 5.69 Å². The molecule has 0 atom stereocenters. The zero-order valence-electron chi connectivity index (χ0n) is 11.8. The number of non-ortho nitro benzene ring substituents is 1. The Morgan fingerprint density at radius 1 is 1.29 bits per heavy atom. The van der Waals surface area contributed by atoms with Crippen LogP contribution in [0.1, 0.15) is 31.2 Å². The maximum atomic E-state index is 12.4. The summed E-state index contributed by atoms with van der Waals surface area (Å²) in [5.41, 5.74) is 6.05. The molecule has 0 unspecified atom stereocenters. The van der Waals surface area contributed by atoms with Crippen LogP contribution in [0.15, 0.2) is 23.1 Å². The number of hydrogen-bond donors (Lipinski definition) is 2. The van der Waals surface area contributed by atoms with E-state index < -0.39 is 14.9 Å². The molecule has 0 saturated heterocycles. The summed E-state index contributed by atoms with van der Waals surface area (Å²) in [6.07, 6.45) is 3.03. The number of nitro benzene ring substituents is 1. The zero-order chi connectivity index (χ0) is 15.6. The van der Waals surface area contributed by atoms with Gasteiger partial charge in [0.2, 0.25) is 10.0 Å². The van der Waals surface area contributed by atoms with E-state index in [-0.39, 0.29) is 22.7 Å². The van der Waals surface area contributed by atoms with Gasteiger partial charge in [0.15, 0.2) is 0 Å². The number of nitro groups is 1. The first kappa shape index (κ1) is 15.9. The minimum absolute atomic E-state index is 0.0861. The Morgan fingerprint density at radius 3 is 2.43 bits per heavy atom. The number of nitrogens with zero attached hydrogens (tertiary/aromatic N) is 1. The maximum Gasteiger partial charge on any atom is 0.269 e. The first-order chi connectivity index (χ1) is 9.79. The highest BCUT2D eigenvalue weighted by Gasteiger charge is 2.26. The predicted molar refractivity (Wildman–Crippen MR) is 78.4 cm³/mol. The molecule has 1 aromatic carbocycles. The molecule has 1 aromatic rings. The zero-order valence-corrected chi connectivity index (χ0v) is 12.6. The lowest BCUT2D eigenvalue weighted by atomic mass is 9.93. The van der Waals surface area contributed by atoms with Gasteiger partial charge in [0.1, 0.15) is 0 Å². The predicted octanol–water partition coefficient (Wildman–Crippen LogP) is 1.45. The quantitative estimate of drug-likeness (QED) is 0.645. The molecule has 116 valence electrons. The van der Waals surface area contributed by atoms with Crippen molar-refractivity contribution in [3.8, 4) is 0 Å². The highest BCUT2D eigenvalue weighted by atomic mass is 32.2. The Bertz CT molecular complexity index is 637. The molecule has 0 amide bonds. The van der Waals surface area contributed by atoms with Crippen LogP contribution in [0.5, 0.6) is 0 Å². The van der Waals surface area contributed by atoms with E-state index in [1.165, 1.54) is 18.2 Å². The summed E-state index contributed by atoms with van der Waals surface area (Å²) in [6.45, 7) is 1.55. The summed E-state index contributed by atoms with van der Waals surface area (Å²) >= 11 is 0. The Kier molecular flexibility index (Phi) is 4.60. The van der Waals surface area contributed by atoms with Crippen molar-refractivity contribution in [2.24, 2.45) is 5.73 Å². The summed E-state index contributed by atoms with van der Waals surface area (Å²) in [6, 6.07) is 3.78. The molecular formula is C13H19N3O4S. The van der Waals surface area contributed by atoms with Crippen molar-refractivity contribution < 1.29 is 13.3 Å². The van der Waals surface area contributed by atoms with Crippen LogP contribution in [-0.2, 0) is 10.0 Å². The van der Waals surface area contributed by atoms with Gasteiger partial charge in [-0.2, -0.15) is 0 Å². The second-order valence-electron chi connectivity index (χ2n) is 5.44. The van der Waals surface area contributed by atoms with Crippen molar-refractivity contribution in [1.82, 2.24) is 4.72 Å². The largest absolute Gasteiger partial charge is 0.328 e. The number of rotatable bonds is 4. The molecule has 1 aliphatic rings. The van der Waals surface area contributed by atoms with Crippen LogP contribution in [0.25, 0.3) is 0 Å². The van der Waals surface area contributed by atoms with Crippen LogP contribution < -0.4 is 10.5 Å². The van der Waals surface area contributed by atoms with E-state index in [1.54, 1.807) is 6.92 Å². The van der Waals surface area contributed by atoms with Crippen molar-refractivity contribution >= 4 is 15.7 Å². The summed E-state index contributed by atoms with van der Waals surface area (Å²) in [5, 5.41) is 10.7. The number of aryl methyl sites for hydroxylation is 1. The second-order valence-corrected chi connectivity index (χ2v) is 7.12. The average molecular weight is 313 g/mol. The Morgan fingerprint density at radius 2 is 1.90 bits per heavy atom. The van der Waals surface area contributed by atoms with Crippen LogP contribution >= 0.6 is 0 Å². The SMILES string of the molecule is Cc1cc([N+](=O)[O-])ccc1S(=O)(=O)NC1CCC(N)CC1. The fraction of sp³-hybridized carbons (Fsp3) is 0.538. The summed E-state index contributed by atoms with van der Waals surface area (Å²) in [4.78, 5) is 10.2. The van der Waals surface area contributed by atoms with Crippen molar-refractivity contribution in [2.75, 3.05) is 0 Å². The van der Waals surface area contributed by atoms with Gasteiger partial charge in [0.05, 0.1) is 9.82 Å². The Labute approximate surface area is 123 Å². The molecule has 21 heavy (non-hydrogen) atoms. The fourth-order valence-electron chi connectivity index (χ4n) is 2.57. The normalized spacial score (nSPS) is 23.0. The maximum absolute atomic E-state index is 12.4. The van der Waals surface area contributed by atoms with E-state index >= 15 is 0 Å². The molecule has 0 radical (unpaired) electrons. The van der Waals surface area contributed by atoms with E-state index in [0.29, 0.717) is 18.4 Å².